The molecule has 0 aliphatic carbocycles. The molecule has 0 spiro atoms. The van der Waals surface area contributed by atoms with Gasteiger partial charge in [-0.15, -0.1) is 0 Å². The van der Waals surface area contributed by atoms with E-state index in [1.54, 1.807) is 24.3 Å². The number of hydrogen-bond acceptors (Lipinski definition) is 5. The van der Waals surface area contributed by atoms with Gasteiger partial charge in [-0.2, -0.15) is 0 Å². The van der Waals surface area contributed by atoms with Crippen LogP contribution in [-0.4, -0.2) is 34.5 Å². The number of rotatable bonds is 3. The molecule has 0 bridgehead atoms. The summed E-state index contributed by atoms with van der Waals surface area (Å²) in [6, 6.07) is 4.66. The molecule has 0 radical (unpaired) electrons. The molecule has 2 rings (SSSR count). The van der Waals surface area contributed by atoms with E-state index in [0.29, 0.717) is 17.8 Å². The lowest BCUT2D eigenvalue weighted by Gasteiger charge is -2.31. The highest BCUT2D eigenvalue weighted by Gasteiger charge is 2.24. The van der Waals surface area contributed by atoms with Crippen LogP contribution in [0, 0.1) is 10.1 Å². The minimum Gasteiger partial charge on any atom is -0.392 e. The van der Waals surface area contributed by atoms with Gasteiger partial charge in [-0.1, -0.05) is 12.1 Å². The van der Waals surface area contributed by atoms with Gasteiger partial charge < -0.3 is 15.1 Å². The second-order valence-electron chi connectivity index (χ2n) is 3.68. The molecule has 1 aliphatic heterocycles. The summed E-state index contributed by atoms with van der Waals surface area (Å²) in [5.41, 5.74) is 1.01. The van der Waals surface area contributed by atoms with Gasteiger partial charge in [0.15, 0.2) is 6.23 Å². The lowest BCUT2D eigenvalue weighted by atomic mass is 10.1. The van der Waals surface area contributed by atoms with Gasteiger partial charge in [0.25, 0.3) is 5.69 Å². The summed E-state index contributed by atoms with van der Waals surface area (Å²) in [6.45, 7) is -0.00807. The van der Waals surface area contributed by atoms with Gasteiger partial charge in [-0.25, -0.2) is 0 Å². The Morgan fingerprint density at radius 2 is 2.29 bits per heavy atom. The fourth-order valence-corrected chi connectivity index (χ4v) is 1.88. The van der Waals surface area contributed by atoms with Gasteiger partial charge in [-0.3, -0.25) is 10.1 Å². The molecule has 1 aliphatic rings. The molecule has 1 atom stereocenters. The smallest absolute Gasteiger partial charge is 0.278 e. The Labute approximate surface area is 97.6 Å². The zero-order valence-electron chi connectivity index (χ0n) is 8.98. The van der Waals surface area contributed by atoms with E-state index in [2.05, 4.69) is 0 Å². The highest BCUT2D eigenvalue weighted by molar-refractivity contribution is 5.78. The van der Waals surface area contributed by atoms with Crippen molar-refractivity contribution >= 4 is 17.5 Å². The highest BCUT2D eigenvalue weighted by atomic mass is 16.6. The fraction of sp³-hybridized carbons (Fsp3) is 0.273. The van der Waals surface area contributed by atoms with Crippen LogP contribution in [0.2, 0.25) is 0 Å². The third-order valence-corrected chi connectivity index (χ3v) is 2.68. The number of aliphatic hydroxyl groups excluding tert-OH is 2. The van der Waals surface area contributed by atoms with Crippen LogP contribution in [0.1, 0.15) is 5.56 Å². The summed E-state index contributed by atoms with van der Waals surface area (Å²) in [7, 11) is 0. The van der Waals surface area contributed by atoms with Crippen LogP contribution in [0.15, 0.2) is 24.3 Å². The largest absolute Gasteiger partial charge is 0.392 e. The second kappa shape index (κ2) is 4.52. The Hall–Kier alpha value is -1.92. The average Bonchev–Trinajstić information content (AvgIpc) is 2.36. The molecule has 6 heteroatoms. The molecule has 0 saturated carbocycles. The van der Waals surface area contributed by atoms with Crippen LogP contribution in [0.4, 0.5) is 11.4 Å². The van der Waals surface area contributed by atoms with Crippen LogP contribution in [0.25, 0.3) is 6.08 Å². The monoisotopic (exact) mass is 236 g/mol. The number of nitrogens with zero attached hydrogens (tertiary/aromatic N) is 2. The van der Waals surface area contributed by atoms with Gasteiger partial charge in [0, 0.05) is 12.6 Å². The quantitative estimate of drug-likeness (QED) is 0.597. The standard InChI is InChI=1S/C11H12N2O4/c14-7-11(15)12-6-2-3-8-9(12)4-1-5-10(8)13(16)17/h1-5,11,14-15H,6-7H2. The summed E-state index contributed by atoms with van der Waals surface area (Å²) in [5, 5.41) is 29.4. The predicted octanol–water partition coefficient (Wildman–Crippen LogP) is 0.739. The van der Waals surface area contributed by atoms with Crippen molar-refractivity contribution in [2.75, 3.05) is 18.1 Å². The maximum Gasteiger partial charge on any atom is 0.278 e. The topological polar surface area (TPSA) is 86.8 Å². The zero-order chi connectivity index (χ0) is 12.4. The first-order valence-corrected chi connectivity index (χ1v) is 5.14. The molecule has 0 amide bonds. The number of benzene rings is 1. The normalized spacial score (nSPS) is 15.5. The summed E-state index contributed by atoms with van der Waals surface area (Å²) >= 11 is 0. The molecule has 1 unspecified atom stereocenters. The van der Waals surface area contributed by atoms with Gasteiger partial charge in [-0.05, 0) is 12.1 Å². The van der Waals surface area contributed by atoms with E-state index in [1.165, 1.54) is 11.0 Å². The maximum absolute atomic E-state index is 10.9. The molecule has 0 fully saturated rings. The number of hydrogen-bond donors (Lipinski definition) is 2. The first-order valence-electron chi connectivity index (χ1n) is 5.14. The van der Waals surface area contributed by atoms with Crippen LogP contribution in [0.5, 0.6) is 0 Å². The Kier molecular flexibility index (Phi) is 3.08. The van der Waals surface area contributed by atoms with E-state index in [0.717, 1.165) is 0 Å². The Morgan fingerprint density at radius 1 is 1.53 bits per heavy atom. The lowest BCUT2D eigenvalue weighted by Crippen LogP contribution is -2.39. The minimum absolute atomic E-state index is 0.00594. The lowest BCUT2D eigenvalue weighted by molar-refractivity contribution is -0.385. The zero-order valence-corrected chi connectivity index (χ0v) is 8.98. The Bertz CT molecular complexity index is 473. The van der Waals surface area contributed by atoms with E-state index in [4.69, 9.17) is 5.11 Å². The van der Waals surface area contributed by atoms with Gasteiger partial charge in [0.1, 0.15) is 0 Å². The van der Waals surface area contributed by atoms with E-state index in [1.807, 2.05) is 0 Å². The SMILES string of the molecule is O=[N+]([O-])c1cccc2c1C=CCN2C(O)CO. The van der Waals surface area contributed by atoms with Crippen molar-refractivity contribution in [1.82, 2.24) is 0 Å². The molecule has 90 valence electrons. The summed E-state index contributed by atoms with van der Waals surface area (Å²) in [4.78, 5) is 11.9. The number of nitro benzene ring substituents is 1. The second-order valence-corrected chi connectivity index (χ2v) is 3.68. The third-order valence-electron chi connectivity index (χ3n) is 2.68. The number of anilines is 1. The first kappa shape index (κ1) is 11.6. The molecule has 1 heterocycles. The minimum atomic E-state index is -1.05. The fourth-order valence-electron chi connectivity index (χ4n) is 1.88. The van der Waals surface area contributed by atoms with Crippen molar-refractivity contribution in [1.29, 1.82) is 0 Å². The Balaban J connectivity index is 2.50. The number of fused-ring (bicyclic) bond motifs is 1. The predicted molar refractivity (Wildman–Crippen MR) is 62.6 cm³/mol. The maximum atomic E-state index is 10.9. The molecule has 17 heavy (non-hydrogen) atoms. The summed E-state index contributed by atoms with van der Waals surface area (Å²) in [6.07, 6.45) is 2.32. The summed E-state index contributed by atoms with van der Waals surface area (Å²) in [5.74, 6) is 0. The van der Waals surface area contributed by atoms with Crippen molar-refractivity contribution < 1.29 is 15.1 Å². The van der Waals surface area contributed by atoms with Crippen molar-refractivity contribution in [3.05, 3.63) is 40.0 Å². The van der Waals surface area contributed by atoms with Gasteiger partial charge in [0.05, 0.1) is 22.8 Å². The third kappa shape index (κ3) is 2.00. The van der Waals surface area contributed by atoms with Crippen molar-refractivity contribution in [3.63, 3.8) is 0 Å². The van der Waals surface area contributed by atoms with E-state index in [9.17, 15) is 15.2 Å². The molecule has 2 N–H and O–H groups in total. The van der Waals surface area contributed by atoms with Crippen LogP contribution < -0.4 is 4.90 Å². The molecule has 0 saturated heterocycles. The van der Waals surface area contributed by atoms with Crippen LogP contribution in [-0.2, 0) is 0 Å². The Morgan fingerprint density at radius 3 is 2.94 bits per heavy atom. The van der Waals surface area contributed by atoms with Gasteiger partial charge in [0.2, 0.25) is 0 Å². The molecular weight excluding hydrogens is 224 g/mol. The molecule has 1 aromatic carbocycles. The molecular formula is C11H12N2O4. The van der Waals surface area contributed by atoms with Crippen LogP contribution in [0.3, 0.4) is 0 Å². The highest BCUT2D eigenvalue weighted by Crippen LogP contribution is 2.33. The van der Waals surface area contributed by atoms with Crippen LogP contribution >= 0.6 is 0 Å². The van der Waals surface area contributed by atoms with Crippen molar-refractivity contribution in [2.45, 2.75) is 6.23 Å². The van der Waals surface area contributed by atoms with E-state index < -0.39 is 17.8 Å². The average molecular weight is 236 g/mol. The molecule has 6 nitrogen and oxygen atoms in total. The number of aliphatic hydroxyl groups is 2. The van der Waals surface area contributed by atoms with E-state index in [-0.39, 0.29) is 5.69 Å². The molecule has 0 aromatic heterocycles. The summed E-state index contributed by atoms with van der Waals surface area (Å²) < 4.78 is 0. The first-order chi connectivity index (χ1) is 8.15. The number of nitro groups is 1. The molecule has 1 aromatic rings. The van der Waals surface area contributed by atoms with Crippen molar-refractivity contribution in [3.8, 4) is 0 Å². The van der Waals surface area contributed by atoms with Crippen molar-refractivity contribution in [2.24, 2.45) is 0 Å². The van der Waals surface area contributed by atoms with Gasteiger partial charge >= 0.3 is 0 Å². The van der Waals surface area contributed by atoms with E-state index >= 15 is 0 Å².